The largest absolute Gasteiger partial charge is 0.497 e. The van der Waals surface area contributed by atoms with E-state index in [0.29, 0.717) is 65.0 Å². The van der Waals surface area contributed by atoms with Crippen LogP contribution >= 0.6 is 23.2 Å². The van der Waals surface area contributed by atoms with Crippen molar-refractivity contribution in [2.75, 3.05) is 24.9 Å². The van der Waals surface area contributed by atoms with Gasteiger partial charge in [-0.05, 0) is 94.5 Å². The van der Waals surface area contributed by atoms with Gasteiger partial charge < -0.3 is 29.6 Å². The molecular weight excluding hydrogens is 791 g/mol. The molecule has 2 aliphatic rings. The van der Waals surface area contributed by atoms with Crippen LogP contribution in [-0.4, -0.2) is 37.6 Å². The van der Waals surface area contributed by atoms with Crippen LogP contribution in [0.2, 0.25) is 10.0 Å². The van der Waals surface area contributed by atoms with E-state index >= 15 is 0 Å². The van der Waals surface area contributed by atoms with E-state index in [0.717, 1.165) is 44.5 Å². The number of ether oxygens (including phenoxy) is 4. The van der Waals surface area contributed by atoms with Crippen LogP contribution in [0.3, 0.4) is 0 Å². The number of carbonyl (C=O) groups excluding carboxylic acids is 4. The number of nitrogens with one attached hydrogen (secondary N) is 2. The predicted octanol–water partition coefficient (Wildman–Crippen LogP) is 9.96. The molecule has 0 radical (unpaired) electrons. The Bertz CT molecular complexity index is 2170. The number of carbonyl (C=O) groups is 4. The minimum absolute atomic E-state index is 0.0699. The Kier molecular flexibility index (Phi) is 13.8. The second-order valence-electron chi connectivity index (χ2n) is 14.3. The zero-order chi connectivity index (χ0) is 42.4. The summed E-state index contributed by atoms with van der Waals surface area (Å²) < 4.78 is 22.7. The van der Waals surface area contributed by atoms with Crippen molar-refractivity contribution in [3.05, 3.63) is 139 Å². The Balaban J connectivity index is 1.24. The summed E-state index contributed by atoms with van der Waals surface area (Å²) in [5, 5.41) is 7.02. The van der Waals surface area contributed by atoms with Crippen molar-refractivity contribution in [2.24, 2.45) is 0 Å². The fourth-order valence-corrected chi connectivity index (χ4v) is 8.21. The molecule has 2 N–H and O–H groups in total. The SMILES string of the molecule is CCc1cc(Cc2cc(CC)c(NC(=O)C3=CC(=O)CC(c4ccc(OC)cc4)O3)c(CC)c2Cl)c(Cl)c(CC)c1NC(=O)C1=CC(=O)CC(c2ccc(OC)cc2)O1. The zero-order valence-electron chi connectivity index (χ0n) is 34.1. The molecule has 0 bridgehead atoms. The third-order valence-corrected chi connectivity index (χ3v) is 11.6. The van der Waals surface area contributed by atoms with Gasteiger partial charge in [0.25, 0.3) is 11.8 Å². The lowest BCUT2D eigenvalue weighted by atomic mass is 9.92. The van der Waals surface area contributed by atoms with E-state index in [9.17, 15) is 19.2 Å². The highest BCUT2D eigenvalue weighted by Crippen LogP contribution is 2.40. The fraction of sp³-hybridized carbons (Fsp3) is 0.319. The van der Waals surface area contributed by atoms with Gasteiger partial charge in [0, 0.05) is 40.0 Å². The second-order valence-corrected chi connectivity index (χ2v) is 15.1. The normalized spacial score (nSPS) is 16.3. The van der Waals surface area contributed by atoms with Crippen molar-refractivity contribution < 1.29 is 38.1 Å². The van der Waals surface area contributed by atoms with Gasteiger partial charge in [-0.2, -0.15) is 0 Å². The van der Waals surface area contributed by atoms with Gasteiger partial charge in [-0.25, -0.2) is 0 Å². The van der Waals surface area contributed by atoms with Crippen LogP contribution in [0.4, 0.5) is 11.4 Å². The van der Waals surface area contributed by atoms with E-state index in [-0.39, 0.29) is 35.9 Å². The zero-order valence-corrected chi connectivity index (χ0v) is 35.6. The fourth-order valence-electron chi connectivity index (χ4n) is 7.51. The number of allylic oxidation sites excluding steroid dienone is 2. The van der Waals surface area contributed by atoms with E-state index < -0.39 is 24.0 Å². The molecule has 2 atom stereocenters. The van der Waals surface area contributed by atoms with Crippen molar-refractivity contribution >= 4 is 58.0 Å². The van der Waals surface area contributed by atoms with Crippen LogP contribution in [0.5, 0.6) is 11.5 Å². The lowest BCUT2D eigenvalue weighted by Gasteiger charge is -2.26. The highest BCUT2D eigenvalue weighted by molar-refractivity contribution is 6.34. The molecule has 308 valence electrons. The van der Waals surface area contributed by atoms with E-state index in [1.807, 2.05) is 64.1 Å². The molecule has 0 aromatic heterocycles. The van der Waals surface area contributed by atoms with Gasteiger partial charge in [-0.1, -0.05) is 87.3 Å². The number of anilines is 2. The van der Waals surface area contributed by atoms with Crippen LogP contribution in [0.15, 0.2) is 84.3 Å². The van der Waals surface area contributed by atoms with Crippen LogP contribution in [0.25, 0.3) is 0 Å². The number of halogens is 2. The Morgan fingerprint density at radius 3 is 1.31 bits per heavy atom. The second kappa shape index (κ2) is 19.0. The number of hydrogen-bond donors (Lipinski definition) is 2. The number of rotatable bonds is 14. The first-order valence-electron chi connectivity index (χ1n) is 19.8. The molecule has 6 rings (SSSR count). The molecule has 4 aromatic carbocycles. The number of methoxy groups -OCH3 is 2. The minimum atomic E-state index is -0.619. The Labute approximate surface area is 354 Å². The van der Waals surface area contributed by atoms with Gasteiger partial charge in [0.05, 0.1) is 27.1 Å². The average Bonchev–Trinajstić information content (AvgIpc) is 3.25. The number of amides is 2. The molecule has 2 heterocycles. The molecule has 12 heteroatoms. The Morgan fingerprint density at radius 2 is 0.983 bits per heavy atom. The Hall–Kier alpha value is -5.58. The van der Waals surface area contributed by atoms with Crippen molar-refractivity contribution in [1.29, 1.82) is 0 Å². The molecule has 0 spiro atoms. The maximum absolute atomic E-state index is 13.7. The van der Waals surface area contributed by atoms with Crippen LogP contribution in [0.1, 0.15) is 97.3 Å². The van der Waals surface area contributed by atoms with E-state index in [1.165, 1.54) is 12.2 Å². The number of ketones is 2. The average molecular weight is 840 g/mol. The van der Waals surface area contributed by atoms with E-state index in [2.05, 4.69) is 10.6 Å². The van der Waals surface area contributed by atoms with E-state index in [4.69, 9.17) is 42.1 Å². The summed E-state index contributed by atoms with van der Waals surface area (Å²) in [4.78, 5) is 53.0. The monoisotopic (exact) mass is 838 g/mol. The standard InChI is InChI=1S/C47H48Cl2N2O8/c1-7-26-19-30(42(48)36(9-3)44(26)50-46(54)40-24-32(52)22-38(58-40)28-11-15-34(56-5)16-12-28)21-31-20-27(8-2)45(37(10-4)43(31)49)51-47(55)41-25-33(53)23-39(59-41)29-13-17-35(57-6)18-14-29/h11-20,24-25,38-39H,7-10,21-23H2,1-6H3,(H,50,54)(H,51,55). The first-order valence-corrected chi connectivity index (χ1v) is 20.6. The van der Waals surface area contributed by atoms with Crippen LogP contribution < -0.4 is 20.1 Å². The quantitative estimate of drug-likeness (QED) is 0.128. The summed E-state index contributed by atoms with van der Waals surface area (Å²) in [6, 6.07) is 18.4. The first kappa shape index (κ1) is 43.0. The van der Waals surface area contributed by atoms with Crippen LogP contribution in [0, 0.1) is 0 Å². The molecule has 59 heavy (non-hydrogen) atoms. The molecule has 2 amide bonds. The minimum Gasteiger partial charge on any atom is -0.497 e. The molecule has 10 nitrogen and oxygen atoms in total. The smallest absolute Gasteiger partial charge is 0.290 e. The maximum atomic E-state index is 13.7. The molecule has 4 aromatic rings. The summed E-state index contributed by atoms with van der Waals surface area (Å²) in [5.74, 6) is -0.302. The van der Waals surface area contributed by atoms with Crippen LogP contribution in [-0.2, 0) is 60.8 Å². The summed E-state index contributed by atoms with van der Waals surface area (Å²) in [7, 11) is 3.15. The molecule has 2 aliphatic heterocycles. The molecular formula is C47H48Cl2N2O8. The van der Waals surface area contributed by atoms with Gasteiger partial charge in [-0.15, -0.1) is 0 Å². The van der Waals surface area contributed by atoms with Gasteiger partial charge in [0.15, 0.2) is 23.1 Å². The Morgan fingerprint density at radius 1 is 0.610 bits per heavy atom. The third-order valence-electron chi connectivity index (χ3n) is 10.7. The summed E-state index contributed by atoms with van der Waals surface area (Å²) >= 11 is 14.3. The first-order chi connectivity index (χ1) is 28.4. The topological polar surface area (TPSA) is 129 Å². The molecule has 0 saturated carbocycles. The number of hydrogen-bond acceptors (Lipinski definition) is 8. The van der Waals surface area contributed by atoms with Gasteiger partial charge in [-0.3, -0.25) is 19.2 Å². The van der Waals surface area contributed by atoms with Crippen molar-refractivity contribution in [2.45, 2.75) is 84.8 Å². The van der Waals surface area contributed by atoms with E-state index in [1.54, 1.807) is 38.5 Å². The van der Waals surface area contributed by atoms with Crippen molar-refractivity contribution in [3.63, 3.8) is 0 Å². The lowest BCUT2D eigenvalue weighted by Crippen LogP contribution is -2.25. The molecule has 0 aliphatic carbocycles. The molecule has 0 fully saturated rings. The summed E-state index contributed by atoms with van der Waals surface area (Å²) in [5.41, 5.74) is 7.54. The molecule has 2 unspecified atom stereocenters. The van der Waals surface area contributed by atoms with Crippen molar-refractivity contribution in [3.8, 4) is 11.5 Å². The van der Waals surface area contributed by atoms with Gasteiger partial charge >= 0.3 is 0 Å². The summed E-state index contributed by atoms with van der Waals surface area (Å²) in [6.45, 7) is 7.92. The number of benzene rings is 4. The van der Waals surface area contributed by atoms with Crippen molar-refractivity contribution in [1.82, 2.24) is 0 Å². The van der Waals surface area contributed by atoms with Gasteiger partial charge in [0.2, 0.25) is 0 Å². The highest BCUT2D eigenvalue weighted by atomic mass is 35.5. The van der Waals surface area contributed by atoms with Gasteiger partial charge in [0.1, 0.15) is 23.7 Å². The summed E-state index contributed by atoms with van der Waals surface area (Å²) in [6.07, 6.45) is 4.05. The predicted molar refractivity (Wildman–Crippen MR) is 230 cm³/mol. The lowest BCUT2D eigenvalue weighted by molar-refractivity contribution is -0.124. The third kappa shape index (κ3) is 9.50. The maximum Gasteiger partial charge on any atom is 0.290 e. The molecule has 0 saturated heterocycles. The highest BCUT2D eigenvalue weighted by Gasteiger charge is 2.30. The number of aryl methyl sites for hydroxylation is 2.